The maximum Gasteiger partial charge on any atom is 0.298 e. The minimum atomic E-state index is -4.80. The summed E-state index contributed by atoms with van der Waals surface area (Å²) >= 11 is 12.7. The third-order valence-electron chi connectivity index (χ3n) is 7.14. The number of hydrazine groups is 1. The molecule has 4 N–H and O–H groups in total. The molecule has 0 aliphatic carbocycles. The predicted molar refractivity (Wildman–Crippen MR) is 183 cm³/mol. The lowest BCUT2D eigenvalue weighted by Crippen LogP contribution is -2.45. The molecule has 4 aromatic rings. The fourth-order valence-electron chi connectivity index (χ4n) is 4.95. The molecule has 1 fully saturated rings. The first kappa shape index (κ1) is 38.3. The van der Waals surface area contributed by atoms with Gasteiger partial charge in [-0.1, -0.05) is 60.0 Å². The molecule has 264 valence electrons. The summed E-state index contributed by atoms with van der Waals surface area (Å²) in [6, 6.07) is 14.9. The molecule has 1 amide bonds. The number of imidazole rings is 1. The number of hydrogen-bond donors (Lipinski definition) is 4. The predicted octanol–water partition coefficient (Wildman–Crippen LogP) is 4.36. The highest BCUT2D eigenvalue weighted by Crippen LogP contribution is 2.37. The number of carbonyl (C=O) groups excluding carboxylic acids is 1. The number of rotatable bonds is 9. The highest BCUT2D eigenvalue weighted by molar-refractivity contribution is 7.89. The molecule has 49 heavy (non-hydrogen) atoms. The Labute approximate surface area is 293 Å². The van der Waals surface area contributed by atoms with Gasteiger partial charge in [0.05, 0.1) is 33.6 Å². The van der Waals surface area contributed by atoms with Gasteiger partial charge >= 0.3 is 0 Å². The van der Waals surface area contributed by atoms with Crippen LogP contribution < -0.4 is 5.43 Å². The molecule has 1 aliphatic heterocycles. The molecular weight excluding hydrogens is 745 g/mol. The van der Waals surface area contributed by atoms with Crippen LogP contribution in [0.15, 0.2) is 65.7 Å². The van der Waals surface area contributed by atoms with E-state index in [0.717, 1.165) is 32.4 Å². The van der Waals surface area contributed by atoms with E-state index in [-0.39, 0.29) is 27.9 Å². The van der Waals surface area contributed by atoms with Gasteiger partial charge in [0.1, 0.15) is 10.7 Å². The summed E-state index contributed by atoms with van der Waals surface area (Å²) in [4.78, 5) is 21.9. The number of carbonyl (C=O) groups is 1. The molecule has 15 nitrogen and oxygen atoms in total. The van der Waals surface area contributed by atoms with E-state index in [1.165, 1.54) is 22.9 Å². The summed E-state index contributed by atoms with van der Waals surface area (Å²) in [5, 5.41) is 2.50. The van der Waals surface area contributed by atoms with Crippen LogP contribution in [0.4, 0.5) is 0 Å². The van der Waals surface area contributed by atoms with E-state index in [9.17, 15) is 34.6 Å². The molecule has 1 saturated heterocycles. The van der Waals surface area contributed by atoms with Gasteiger partial charge in [0, 0.05) is 35.4 Å². The summed E-state index contributed by atoms with van der Waals surface area (Å²) in [6.07, 6.45) is 4.47. The molecule has 5 rings (SSSR count). The molecule has 2 aromatic carbocycles. The Morgan fingerprint density at radius 3 is 2.04 bits per heavy atom. The highest BCUT2D eigenvalue weighted by Gasteiger charge is 2.30. The molecule has 3 heterocycles. The first-order chi connectivity index (χ1) is 22.9. The van der Waals surface area contributed by atoms with Gasteiger partial charge in [0.15, 0.2) is 5.69 Å². The summed E-state index contributed by atoms with van der Waals surface area (Å²) in [5.41, 5.74) is 4.36. The van der Waals surface area contributed by atoms with Crippen molar-refractivity contribution in [3.05, 3.63) is 82.2 Å². The first-order valence-corrected chi connectivity index (χ1v) is 19.8. The molecule has 0 unspecified atom stereocenters. The number of amides is 1. The lowest BCUT2D eigenvalue weighted by molar-refractivity contribution is 0.0744. The number of halogens is 2. The Morgan fingerprint density at radius 1 is 0.878 bits per heavy atom. The second-order valence-corrected chi connectivity index (χ2v) is 16.1. The Kier molecular flexibility index (Phi) is 12.2. The Balaban J connectivity index is 0.000000471. The van der Waals surface area contributed by atoms with Crippen LogP contribution in [0.25, 0.3) is 28.3 Å². The molecule has 0 bridgehead atoms. The lowest BCUT2D eigenvalue weighted by Gasteiger charge is -2.26. The smallest absolute Gasteiger partial charge is 0.295 e. The molecule has 0 spiro atoms. The van der Waals surface area contributed by atoms with Gasteiger partial charge in [-0.25, -0.2) is 9.99 Å². The maximum absolute atomic E-state index is 13.4. The zero-order chi connectivity index (χ0) is 36.1. The zero-order valence-corrected chi connectivity index (χ0v) is 29.7. The van der Waals surface area contributed by atoms with Crippen LogP contribution in [0.5, 0.6) is 0 Å². The topological polar surface area (TPSA) is 226 Å². The molecular formula is C29H31Cl2N5O10S3. The number of hydrogen-bond acceptors (Lipinski definition) is 10. The molecule has 1 aliphatic rings. The van der Waals surface area contributed by atoms with Crippen LogP contribution in [-0.2, 0) is 30.4 Å². The van der Waals surface area contributed by atoms with E-state index < -0.39 is 52.7 Å². The molecule has 0 radical (unpaired) electrons. The Morgan fingerprint density at radius 2 is 1.49 bits per heavy atom. The largest absolute Gasteiger partial charge is 0.298 e. The standard InChI is InChI=1S/C27H25Cl2N5O4S.C2H6O6S2/c1-17-23(27(35)32-33-14-6-3-7-15-33)31-26(20-11-10-19(28)16-21(20)29)34(17)22-12-13-30-24(25(22)39(36,37)38)18-8-4-2-5-9-18;3-9(4,5)1-2-10(6,7)8/h2,4-5,8-13,16H,3,6-7,14-15H2,1H3,(H,32,35)(H,36,37,38);1-2H2,(H,3,4,5)(H,6,7,8). The minimum Gasteiger partial charge on any atom is -0.295 e. The third kappa shape index (κ3) is 10.3. The average molecular weight is 777 g/mol. The van der Waals surface area contributed by atoms with Crippen LogP contribution in [0.1, 0.15) is 35.4 Å². The van der Waals surface area contributed by atoms with E-state index in [2.05, 4.69) is 15.4 Å². The van der Waals surface area contributed by atoms with Crippen molar-refractivity contribution in [1.29, 1.82) is 0 Å². The fraction of sp³-hybridized carbons (Fsp3) is 0.276. The molecule has 2 aromatic heterocycles. The van der Waals surface area contributed by atoms with Crippen molar-refractivity contribution in [1.82, 2.24) is 25.0 Å². The number of nitrogens with one attached hydrogen (secondary N) is 1. The summed E-state index contributed by atoms with van der Waals surface area (Å²) < 4.78 is 93.0. The van der Waals surface area contributed by atoms with Crippen molar-refractivity contribution in [3.8, 4) is 28.3 Å². The Bertz CT molecular complexity index is 2140. The monoisotopic (exact) mass is 775 g/mol. The second-order valence-electron chi connectivity index (χ2n) is 10.7. The van der Waals surface area contributed by atoms with Gasteiger partial charge in [0.2, 0.25) is 0 Å². The fourth-order valence-corrected chi connectivity index (χ4v) is 7.96. The van der Waals surface area contributed by atoms with Gasteiger partial charge in [-0.05, 0) is 44.0 Å². The maximum atomic E-state index is 13.4. The van der Waals surface area contributed by atoms with E-state index >= 15 is 0 Å². The van der Waals surface area contributed by atoms with Crippen molar-refractivity contribution in [2.24, 2.45) is 0 Å². The molecule has 20 heteroatoms. The van der Waals surface area contributed by atoms with Crippen molar-refractivity contribution in [2.45, 2.75) is 31.1 Å². The third-order valence-corrected chi connectivity index (χ3v) is 10.3. The SMILES string of the molecule is Cc1c(C(=O)NN2CCCCC2)nc(-c2ccc(Cl)cc2Cl)n1-c1ccnc(-c2ccccc2)c1S(=O)(=O)O.O=S(=O)(O)CCS(=O)(=O)O. The highest BCUT2D eigenvalue weighted by atomic mass is 35.5. The van der Waals surface area contributed by atoms with Gasteiger partial charge < -0.3 is 0 Å². The van der Waals surface area contributed by atoms with E-state index in [1.54, 1.807) is 49.4 Å². The number of aromatic nitrogens is 3. The number of piperidine rings is 1. The van der Waals surface area contributed by atoms with Crippen molar-refractivity contribution in [3.63, 3.8) is 0 Å². The molecule has 0 saturated carbocycles. The van der Waals surface area contributed by atoms with Crippen LogP contribution in [-0.4, -0.2) is 89.0 Å². The quantitative estimate of drug-likeness (QED) is 0.174. The van der Waals surface area contributed by atoms with Crippen molar-refractivity contribution in [2.75, 3.05) is 24.6 Å². The van der Waals surface area contributed by atoms with Crippen LogP contribution in [0.2, 0.25) is 10.0 Å². The zero-order valence-electron chi connectivity index (χ0n) is 25.7. The summed E-state index contributed by atoms with van der Waals surface area (Å²) in [6.45, 7) is 3.10. The lowest BCUT2D eigenvalue weighted by atomic mass is 10.1. The number of nitrogens with zero attached hydrogens (tertiary/aromatic N) is 4. The van der Waals surface area contributed by atoms with E-state index in [1.807, 2.05) is 5.01 Å². The number of pyridine rings is 1. The van der Waals surface area contributed by atoms with Gasteiger partial charge in [0.25, 0.3) is 36.3 Å². The van der Waals surface area contributed by atoms with Crippen LogP contribution in [0, 0.1) is 6.92 Å². The van der Waals surface area contributed by atoms with Gasteiger partial charge in [-0.2, -0.15) is 25.3 Å². The summed E-state index contributed by atoms with van der Waals surface area (Å²) in [7, 11) is -13.4. The Hall–Kier alpha value is -3.46. The normalized spacial score (nSPS) is 14.2. The van der Waals surface area contributed by atoms with E-state index in [4.69, 9.17) is 32.3 Å². The average Bonchev–Trinajstić information content (AvgIpc) is 3.36. The van der Waals surface area contributed by atoms with Crippen molar-refractivity contribution >= 4 is 59.5 Å². The van der Waals surface area contributed by atoms with E-state index in [0.29, 0.717) is 21.8 Å². The van der Waals surface area contributed by atoms with Crippen LogP contribution >= 0.6 is 23.2 Å². The van der Waals surface area contributed by atoms with Crippen LogP contribution in [0.3, 0.4) is 0 Å². The van der Waals surface area contributed by atoms with Gasteiger partial charge in [-0.15, -0.1) is 0 Å². The minimum absolute atomic E-state index is 0.0520. The molecule has 0 atom stereocenters. The first-order valence-electron chi connectivity index (χ1n) is 14.4. The summed E-state index contributed by atoms with van der Waals surface area (Å²) in [5.74, 6) is -2.20. The van der Waals surface area contributed by atoms with Crippen molar-refractivity contribution < 1.29 is 43.7 Å². The second kappa shape index (κ2) is 15.6. The number of benzene rings is 2. The van der Waals surface area contributed by atoms with Gasteiger partial charge in [-0.3, -0.25) is 33.4 Å².